The van der Waals surface area contributed by atoms with Crippen molar-refractivity contribution in [2.45, 2.75) is 46.4 Å². The minimum absolute atomic E-state index is 0.0540. The number of carbonyl (C=O) groups is 3. The van der Waals surface area contributed by atoms with E-state index in [1.165, 1.54) is 4.90 Å². The van der Waals surface area contributed by atoms with E-state index in [9.17, 15) is 14.4 Å². The lowest BCUT2D eigenvalue weighted by atomic mass is 9.92. The van der Waals surface area contributed by atoms with E-state index in [1.807, 2.05) is 0 Å². The lowest BCUT2D eigenvalue weighted by Gasteiger charge is -2.21. The maximum atomic E-state index is 13.2. The molecule has 0 spiro atoms. The summed E-state index contributed by atoms with van der Waals surface area (Å²) in [5.74, 6) is -1.01. The van der Waals surface area contributed by atoms with E-state index in [0.717, 1.165) is 0 Å². The Morgan fingerprint density at radius 2 is 1.94 bits per heavy atom. The zero-order valence-electron chi connectivity index (χ0n) is 18.2. The van der Waals surface area contributed by atoms with Gasteiger partial charge in [0.25, 0.3) is 5.91 Å². The third-order valence-electron chi connectivity index (χ3n) is 4.78. The maximum Gasteiger partial charge on any atom is 0.407 e. The molecule has 3 N–H and O–H groups in total. The van der Waals surface area contributed by atoms with Gasteiger partial charge in [-0.1, -0.05) is 29.3 Å². The van der Waals surface area contributed by atoms with Gasteiger partial charge in [-0.15, -0.1) is 0 Å². The molecule has 8 nitrogen and oxygen atoms in total. The van der Waals surface area contributed by atoms with Crippen molar-refractivity contribution in [3.63, 3.8) is 0 Å². The fourth-order valence-electron chi connectivity index (χ4n) is 3.55. The van der Waals surface area contributed by atoms with Crippen LogP contribution in [0.15, 0.2) is 18.2 Å². The van der Waals surface area contributed by atoms with Crippen molar-refractivity contribution in [3.05, 3.63) is 50.8 Å². The summed E-state index contributed by atoms with van der Waals surface area (Å²) < 4.78 is 5.32. The monoisotopic (exact) mass is 478 g/mol. The van der Waals surface area contributed by atoms with Crippen molar-refractivity contribution in [2.24, 2.45) is 5.73 Å². The van der Waals surface area contributed by atoms with E-state index >= 15 is 0 Å². The minimum Gasteiger partial charge on any atom is -0.444 e. The SMILES string of the molecule is Cc1nc2c(c(-c3ccc(Cl)cc3Cl)c1CNC(=O)OC(C)(C)C)C(=O)N(CC(N)=O)C2. The topological polar surface area (TPSA) is 115 Å². The zero-order chi connectivity index (χ0) is 23.8. The van der Waals surface area contributed by atoms with E-state index < -0.39 is 17.6 Å². The van der Waals surface area contributed by atoms with Crippen molar-refractivity contribution < 1.29 is 19.1 Å². The molecule has 32 heavy (non-hydrogen) atoms. The molecule has 170 valence electrons. The Balaban J connectivity index is 2.12. The van der Waals surface area contributed by atoms with Crippen molar-refractivity contribution in [3.8, 4) is 11.1 Å². The van der Waals surface area contributed by atoms with E-state index in [2.05, 4.69) is 10.3 Å². The fourth-order valence-corrected chi connectivity index (χ4v) is 4.06. The lowest BCUT2D eigenvalue weighted by Crippen LogP contribution is -2.34. The zero-order valence-corrected chi connectivity index (χ0v) is 19.7. The summed E-state index contributed by atoms with van der Waals surface area (Å²) in [5.41, 5.74) is 7.77. The fraction of sp³-hybridized carbons (Fsp3) is 0.364. The van der Waals surface area contributed by atoms with E-state index in [-0.39, 0.29) is 25.5 Å². The number of nitrogens with zero attached hydrogens (tertiary/aromatic N) is 2. The van der Waals surface area contributed by atoms with Gasteiger partial charge in [-0.25, -0.2) is 4.79 Å². The molecule has 0 saturated carbocycles. The average Bonchev–Trinajstić information content (AvgIpc) is 2.93. The number of amides is 3. The first-order valence-electron chi connectivity index (χ1n) is 9.89. The summed E-state index contributed by atoms with van der Waals surface area (Å²) in [6.07, 6.45) is -0.604. The molecule has 1 aliphatic heterocycles. The maximum absolute atomic E-state index is 13.2. The predicted molar refractivity (Wildman–Crippen MR) is 121 cm³/mol. The Morgan fingerprint density at radius 3 is 2.53 bits per heavy atom. The van der Waals surface area contributed by atoms with E-state index in [4.69, 9.17) is 33.7 Å². The highest BCUT2D eigenvalue weighted by molar-refractivity contribution is 6.36. The number of benzene rings is 1. The van der Waals surface area contributed by atoms with Crippen LogP contribution >= 0.6 is 23.2 Å². The third-order valence-corrected chi connectivity index (χ3v) is 5.32. The Bertz CT molecular complexity index is 1110. The van der Waals surface area contributed by atoms with Crippen molar-refractivity contribution >= 4 is 41.1 Å². The number of hydrogen-bond acceptors (Lipinski definition) is 5. The molecule has 3 amide bonds. The van der Waals surface area contributed by atoms with Crippen LogP contribution in [0.4, 0.5) is 4.79 Å². The van der Waals surface area contributed by atoms with Gasteiger partial charge >= 0.3 is 6.09 Å². The second kappa shape index (κ2) is 8.96. The molecule has 0 bridgehead atoms. The van der Waals surface area contributed by atoms with Crippen molar-refractivity contribution in [2.75, 3.05) is 6.54 Å². The molecule has 1 aromatic carbocycles. The standard InChI is InChI=1S/C22H24Cl2N4O4/c1-11-14(8-26-21(31)32-22(2,3)4)18(13-6-5-12(23)7-15(13)24)19-16(27-11)9-28(20(19)30)10-17(25)29/h5-7H,8-10H2,1-4H3,(H2,25,29)(H,26,31). The van der Waals surface area contributed by atoms with Gasteiger partial charge in [-0.2, -0.15) is 0 Å². The molecule has 10 heteroatoms. The van der Waals surface area contributed by atoms with Gasteiger partial charge < -0.3 is 20.7 Å². The second-order valence-electron chi connectivity index (χ2n) is 8.48. The van der Waals surface area contributed by atoms with Gasteiger partial charge in [0, 0.05) is 39.0 Å². The van der Waals surface area contributed by atoms with Crippen LogP contribution in [0.1, 0.15) is 48.1 Å². The van der Waals surface area contributed by atoms with E-state index in [0.29, 0.717) is 43.7 Å². The number of ether oxygens (including phenoxy) is 1. The van der Waals surface area contributed by atoms with E-state index in [1.54, 1.807) is 45.9 Å². The number of halogens is 2. The number of aromatic nitrogens is 1. The molecule has 0 aliphatic carbocycles. The number of fused-ring (bicyclic) bond motifs is 1. The highest BCUT2D eigenvalue weighted by atomic mass is 35.5. The van der Waals surface area contributed by atoms with Crippen LogP contribution in [-0.2, 0) is 22.6 Å². The lowest BCUT2D eigenvalue weighted by molar-refractivity contribution is -0.118. The van der Waals surface area contributed by atoms with Crippen LogP contribution in [0.5, 0.6) is 0 Å². The third kappa shape index (κ3) is 5.14. The highest BCUT2D eigenvalue weighted by Gasteiger charge is 2.35. The minimum atomic E-state index is -0.664. The number of carbonyl (C=O) groups excluding carboxylic acids is 3. The molecule has 0 radical (unpaired) electrons. The Hall–Kier alpha value is -2.84. The van der Waals surface area contributed by atoms with Crippen LogP contribution in [0.25, 0.3) is 11.1 Å². The largest absolute Gasteiger partial charge is 0.444 e. The molecule has 2 aromatic rings. The number of alkyl carbamates (subject to hydrolysis) is 1. The Kier molecular flexibility index (Phi) is 6.67. The number of aryl methyl sites for hydroxylation is 1. The summed E-state index contributed by atoms with van der Waals surface area (Å²) in [6, 6.07) is 4.95. The van der Waals surface area contributed by atoms with Gasteiger partial charge in [0.05, 0.1) is 17.8 Å². The number of nitrogens with two attached hydrogens (primary N) is 1. The smallest absolute Gasteiger partial charge is 0.407 e. The molecule has 1 aliphatic rings. The van der Waals surface area contributed by atoms with Gasteiger partial charge in [-0.05, 0) is 39.8 Å². The first kappa shape index (κ1) is 23.8. The highest BCUT2D eigenvalue weighted by Crippen LogP contribution is 2.40. The first-order chi connectivity index (χ1) is 14.9. The summed E-state index contributed by atoms with van der Waals surface area (Å²) >= 11 is 12.6. The number of nitrogens with one attached hydrogen (secondary N) is 1. The average molecular weight is 479 g/mol. The summed E-state index contributed by atoms with van der Waals surface area (Å²) in [7, 11) is 0. The molecule has 0 fully saturated rings. The Labute approximate surface area is 196 Å². The van der Waals surface area contributed by atoms with Gasteiger partial charge in [0.15, 0.2) is 0 Å². The quantitative estimate of drug-likeness (QED) is 0.677. The molecular weight excluding hydrogens is 455 g/mol. The van der Waals surface area contributed by atoms with Crippen LogP contribution in [-0.4, -0.2) is 39.9 Å². The Morgan fingerprint density at radius 1 is 1.25 bits per heavy atom. The summed E-state index contributed by atoms with van der Waals surface area (Å²) in [4.78, 5) is 42.8. The van der Waals surface area contributed by atoms with Gasteiger partial charge in [0.2, 0.25) is 5.91 Å². The first-order valence-corrected chi connectivity index (χ1v) is 10.6. The van der Waals surface area contributed by atoms with Gasteiger partial charge in [0.1, 0.15) is 12.1 Å². The van der Waals surface area contributed by atoms with Crippen LogP contribution < -0.4 is 11.1 Å². The summed E-state index contributed by atoms with van der Waals surface area (Å²) in [5, 5.41) is 3.50. The van der Waals surface area contributed by atoms with Crippen LogP contribution in [0.3, 0.4) is 0 Å². The number of hydrogen-bond donors (Lipinski definition) is 2. The second-order valence-corrected chi connectivity index (χ2v) is 9.32. The molecular formula is C22H24Cl2N4O4. The summed E-state index contributed by atoms with van der Waals surface area (Å²) in [6.45, 7) is 7.04. The number of rotatable bonds is 5. The van der Waals surface area contributed by atoms with Gasteiger partial charge in [-0.3, -0.25) is 14.6 Å². The predicted octanol–water partition coefficient (Wildman–Crippen LogP) is 3.83. The van der Waals surface area contributed by atoms with Crippen LogP contribution in [0, 0.1) is 6.92 Å². The molecule has 0 unspecified atom stereocenters. The normalized spacial score (nSPS) is 13.2. The van der Waals surface area contributed by atoms with Crippen LogP contribution in [0.2, 0.25) is 10.0 Å². The van der Waals surface area contributed by atoms with Crippen molar-refractivity contribution in [1.82, 2.24) is 15.2 Å². The number of primary amides is 1. The molecule has 3 rings (SSSR count). The molecule has 0 atom stereocenters. The number of pyridine rings is 1. The molecule has 1 aromatic heterocycles. The van der Waals surface area contributed by atoms with Crippen molar-refractivity contribution in [1.29, 1.82) is 0 Å². The molecule has 0 saturated heterocycles. The molecule has 2 heterocycles.